The normalized spacial score (nSPS) is 9.75. The van der Waals surface area contributed by atoms with Gasteiger partial charge in [-0.1, -0.05) is 6.92 Å². The maximum Gasteiger partial charge on any atom is 0.225 e. The summed E-state index contributed by atoms with van der Waals surface area (Å²) in [6, 6.07) is 0. The Morgan fingerprint density at radius 1 is 1.67 bits per heavy atom. The Kier molecular flexibility index (Phi) is 2.80. The second-order valence-electron chi connectivity index (χ2n) is 2.24. The van der Waals surface area contributed by atoms with Crippen molar-refractivity contribution in [2.24, 2.45) is 0 Å². The van der Waals surface area contributed by atoms with Crippen LogP contribution in [0.3, 0.4) is 0 Å². The first-order valence-corrected chi connectivity index (χ1v) is 3.13. The van der Waals surface area contributed by atoms with Gasteiger partial charge in [-0.3, -0.25) is 4.79 Å². The Balaban J connectivity index is 0.000000720. The van der Waals surface area contributed by atoms with Crippen LogP contribution >= 0.6 is 0 Å². The molecule has 0 aliphatic rings. The summed E-state index contributed by atoms with van der Waals surface area (Å²) >= 11 is 0. The van der Waals surface area contributed by atoms with Crippen molar-refractivity contribution in [2.75, 3.05) is 0 Å². The van der Waals surface area contributed by atoms with Crippen LogP contribution in [0.5, 0.6) is 0 Å². The number of H-pyrrole nitrogens is 1. The smallest absolute Gasteiger partial charge is 0.225 e. The molecule has 2 aromatic rings. The average Bonchev–Trinajstić information content (AvgIpc) is 2.35. The maximum absolute atomic E-state index is 11.0. The van der Waals surface area contributed by atoms with Crippen LogP contribution in [-0.2, 0) is 32.7 Å². The van der Waals surface area contributed by atoms with Gasteiger partial charge in [-0.15, -0.1) is 5.56 Å². The number of aryl methyl sites for hydroxylation is 1. The number of rotatable bonds is 0. The summed E-state index contributed by atoms with van der Waals surface area (Å²) in [5.74, 6) is 0. The molecule has 0 bridgehead atoms. The van der Waals surface area contributed by atoms with Gasteiger partial charge >= 0.3 is 0 Å². The Hall–Kier alpha value is -0.476. The molecule has 5 heteroatoms. The Morgan fingerprint density at radius 3 is 3.08 bits per heavy atom. The van der Waals surface area contributed by atoms with Gasteiger partial charge < -0.3 is 14.4 Å². The van der Waals surface area contributed by atoms with Crippen molar-refractivity contribution in [1.82, 2.24) is 9.97 Å². The molecule has 1 N–H and O–H groups in total. The van der Waals surface area contributed by atoms with Gasteiger partial charge in [-0.25, -0.2) is 0 Å². The molecule has 2 rings (SSSR count). The number of fused-ring (bicyclic) bond motifs is 1. The molecular weight excluding hydrogens is 233 g/mol. The largest absolute Gasteiger partial charge is 0.584 e. The van der Waals surface area contributed by atoms with Crippen molar-refractivity contribution < 1.29 is 37.1 Å². The van der Waals surface area contributed by atoms with Gasteiger partial charge in [0.15, 0.2) is 0 Å². The first-order chi connectivity index (χ1) is 5.29. The van der Waals surface area contributed by atoms with E-state index >= 15 is 0 Å². The molecule has 0 aromatic carbocycles. The molecule has 0 atom stereocenters. The zero-order chi connectivity index (χ0) is 7.84. The topological polar surface area (TPSA) is 58.9 Å². The van der Waals surface area contributed by atoms with E-state index in [1.165, 1.54) is 6.33 Å². The van der Waals surface area contributed by atoms with E-state index < -0.39 is 0 Å². The summed E-state index contributed by atoms with van der Waals surface area (Å²) in [5.41, 5.74) is 1.31. The Bertz CT molecular complexity index is 446. The SMILES string of the molecule is Cc1[c-]oc2c(=O)[nH]cnc12.[Y]. The van der Waals surface area contributed by atoms with E-state index in [1.54, 1.807) is 6.92 Å². The van der Waals surface area contributed by atoms with Crippen LogP contribution in [0, 0.1) is 13.2 Å². The van der Waals surface area contributed by atoms with Crippen molar-refractivity contribution in [2.45, 2.75) is 6.92 Å². The quantitative estimate of drug-likeness (QED) is 0.684. The summed E-state index contributed by atoms with van der Waals surface area (Å²) in [4.78, 5) is 17.3. The number of hydrogen-bond donors (Lipinski definition) is 1. The summed E-state index contributed by atoms with van der Waals surface area (Å²) in [7, 11) is 0. The molecule has 12 heavy (non-hydrogen) atoms. The predicted molar refractivity (Wildman–Crippen MR) is 38.2 cm³/mol. The molecule has 0 aliphatic heterocycles. The number of furan rings is 1. The maximum atomic E-state index is 11.0. The first-order valence-electron chi connectivity index (χ1n) is 3.13. The average molecular weight is 238 g/mol. The molecule has 0 spiro atoms. The summed E-state index contributed by atoms with van der Waals surface area (Å²) in [5, 5.41) is 0. The summed E-state index contributed by atoms with van der Waals surface area (Å²) in [6.45, 7) is 1.79. The molecule has 4 nitrogen and oxygen atoms in total. The fourth-order valence-electron chi connectivity index (χ4n) is 0.925. The predicted octanol–water partition coefficient (Wildman–Crippen LogP) is 0.622. The number of aromatic nitrogens is 2. The van der Waals surface area contributed by atoms with Crippen LogP contribution in [0.4, 0.5) is 0 Å². The molecule has 2 heterocycles. The van der Waals surface area contributed by atoms with Gasteiger partial charge in [0.25, 0.3) is 0 Å². The number of nitrogens with one attached hydrogen (secondary N) is 1. The van der Waals surface area contributed by atoms with Crippen molar-refractivity contribution in [1.29, 1.82) is 0 Å². The van der Waals surface area contributed by atoms with Gasteiger partial charge in [0.2, 0.25) is 5.56 Å². The molecule has 0 fully saturated rings. The first kappa shape index (κ1) is 9.61. The van der Waals surface area contributed by atoms with Gasteiger partial charge in [-0.2, -0.15) is 0 Å². The molecule has 0 amide bonds. The minimum atomic E-state index is -0.264. The van der Waals surface area contributed by atoms with E-state index in [4.69, 9.17) is 4.42 Å². The minimum Gasteiger partial charge on any atom is -0.584 e. The van der Waals surface area contributed by atoms with Crippen LogP contribution in [0.2, 0.25) is 0 Å². The molecule has 0 unspecified atom stereocenters. The summed E-state index contributed by atoms with van der Waals surface area (Å²) < 4.78 is 4.85. The second kappa shape index (κ2) is 3.50. The van der Waals surface area contributed by atoms with Crippen molar-refractivity contribution in [3.63, 3.8) is 0 Å². The fraction of sp³-hybridized carbons (Fsp3) is 0.143. The molecule has 0 saturated carbocycles. The molecule has 1 radical (unpaired) electrons. The zero-order valence-electron chi connectivity index (χ0n) is 6.42. The van der Waals surface area contributed by atoms with Gasteiger partial charge in [0.1, 0.15) is 0 Å². The molecule has 0 saturated heterocycles. The van der Waals surface area contributed by atoms with E-state index in [0.29, 0.717) is 5.52 Å². The van der Waals surface area contributed by atoms with Crippen LogP contribution in [0.1, 0.15) is 5.56 Å². The van der Waals surface area contributed by atoms with Crippen molar-refractivity contribution in [3.05, 3.63) is 28.5 Å². The minimum absolute atomic E-state index is 0. The van der Waals surface area contributed by atoms with E-state index in [0.717, 1.165) is 5.56 Å². The molecule has 0 aliphatic carbocycles. The summed E-state index contributed by atoms with van der Waals surface area (Å²) in [6.07, 6.45) is 3.91. The van der Waals surface area contributed by atoms with E-state index in [2.05, 4.69) is 16.2 Å². The third-order valence-electron chi connectivity index (χ3n) is 1.47. The Labute approximate surface area is 93.3 Å². The van der Waals surface area contributed by atoms with Crippen LogP contribution in [0.15, 0.2) is 15.5 Å². The second-order valence-corrected chi connectivity index (χ2v) is 2.24. The van der Waals surface area contributed by atoms with Crippen molar-refractivity contribution in [3.8, 4) is 0 Å². The van der Waals surface area contributed by atoms with Gasteiger partial charge in [0, 0.05) is 32.7 Å². The number of hydrogen-bond acceptors (Lipinski definition) is 3. The van der Waals surface area contributed by atoms with Crippen LogP contribution in [-0.4, -0.2) is 9.97 Å². The molecule has 59 valence electrons. The van der Waals surface area contributed by atoms with Gasteiger partial charge in [-0.05, 0) is 11.8 Å². The third-order valence-corrected chi connectivity index (χ3v) is 1.47. The molecule has 2 aromatic heterocycles. The number of aromatic amines is 1. The van der Waals surface area contributed by atoms with Crippen LogP contribution in [0.25, 0.3) is 11.1 Å². The van der Waals surface area contributed by atoms with Crippen molar-refractivity contribution >= 4 is 11.1 Å². The Morgan fingerprint density at radius 2 is 2.42 bits per heavy atom. The standard InChI is InChI=1S/C7H5N2O2.Y/c1-4-2-11-6-5(4)8-3-9-7(6)10;/h3H,1H3,(H,8,9,10);/q-1;. The third kappa shape index (κ3) is 1.36. The van der Waals surface area contributed by atoms with Crippen LogP contribution < -0.4 is 5.56 Å². The zero-order valence-corrected chi connectivity index (χ0v) is 9.26. The monoisotopic (exact) mass is 238 g/mol. The van der Waals surface area contributed by atoms with Gasteiger partial charge in [0.05, 0.1) is 11.9 Å². The fourth-order valence-corrected chi connectivity index (χ4v) is 0.925. The van der Waals surface area contributed by atoms with E-state index in [-0.39, 0.29) is 43.9 Å². The van der Waals surface area contributed by atoms with E-state index in [9.17, 15) is 4.79 Å². The number of nitrogens with zero attached hydrogens (tertiary/aromatic N) is 1. The molecular formula is C7H5N2O2Y-. The van der Waals surface area contributed by atoms with E-state index in [1.807, 2.05) is 0 Å².